The third kappa shape index (κ3) is 34.7. The van der Waals surface area contributed by atoms with E-state index in [1.807, 2.05) is 140 Å². The Labute approximate surface area is 444 Å². The van der Waals surface area contributed by atoms with Crippen LogP contribution in [0.4, 0.5) is 0 Å². The van der Waals surface area contributed by atoms with Gasteiger partial charge in [0, 0.05) is 42.6 Å². The fourth-order valence-electron chi connectivity index (χ4n) is 6.21. The van der Waals surface area contributed by atoms with E-state index in [0.29, 0.717) is 11.3 Å². The van der Waals surface area contributed by atoms with E-state index in [1.54, 1.807) is 34.3 Å². The van der Waals surface area contributed by atoms with Crippen LogP contribution in [0.1, 0.15) is 150 Å². The zero-order chi connectivity index (χ0) is 53.3. The van der Waals surface area contributed by atoms with E-state index in [2.05, 4.69) is 72.6 Å². The minimum Gasteiger partial charge on any atom is -0.303 e. The van der Waals surface area contributed by atoms with Crippen molar-refractivity contribution >= 4 is 63.7 Å². The summed E-state index contributed by atoms with van der Waals surface area (Å²) in [4.78, 5) is 34.1. The van der Waals surface area contributed by atoms with Crippen molar-refractivity contribution in [2.24, 2.45) is 11.3 Å². The predicted molar refractivity (Wildman–Crippen MR) is 327 cm³/mol. The molecule has 0 saturated heterocycles. The molecule has 7 nitrogen and oxygen atoms in total. The number of benzene rings is 3. The van der Waals surface area contributed by atoms with E-state index in [1.165, 1.54) is 23.1 Å². The van der Waals surface area contributed by atoms with Crippen LogP contribution in [-0.4, -0.2) is 78.5 Å². The van der Waals surface area contributed by atoms with E-state index in [-0.39, 0.29) is 22.3 Å². The van der Waals surface area contributed by atoms with E-state index in [9.17, 15) is 27.0 Å². The number of carbonyl (C=O) groups is 3. The van der Waals surface area contributed by atoms with Crippen LogP contribution in [0, 0.1) is 11.3 Å². The molecule has 10 heteroatoms. The van der Waals surface area contributed by atoms with Gasteiger partial charge in [-0.15, -0.1) is 0 Å². The molecule has 1 fully saturated rings. The molecular formula is C62H101NO6S3. The Balaban J connectivity index is -0.000000254. The van der Waals surface area contributed by atoms with Crippen LogP contribution in [-0.2, 0) is 43.1 Å². The van der Waals surface area contributed by atoms with Gasteiger partial charge < -0.3 is 4.79 Å². The lowest BCUT2D eigenvalue weighted by atomic mass is 9.99. The Hall–Kier alpha value is -4.61. The standard InChI is InChI=1S/C15H16OS.C11H18O.C10H15NOS.2C10H16O.C3H8OS.3CH4/c1-13(2)17(16,14-9-5-3-6-10-14)15-11-7-4-8-12-15;1-9(2)5-4-6-11(3)7-10(11)8-12;1-4-13(12,11(2)3)10-8-6-5-7-9-10;2*1-9(2)5-4-6-10(3)7-8-11;1-5(2,3)4;;;/h3-12H,1-2H3;5,8,10H,4,6-7H2,1-3H3;4-9H,1-3H3;2*5,7-8H,4,6H2,1-3H3;1H2,2-3H3;3*1H4/b;;;10-7+;10-7-;;;;/t;10-,11?;;;;;;;/m.1......./s1. The lowest BCUT2D eigenvalue weighted by Crippen LogP contribution is -2.23. The first-order chi connectivity index (χ1) is 32.2. The average Bonchev–Trinajstić information content (AvgIpc) is 3.95. The molecule has 0 amide bonds. The van der Waals surface area contributed by atoms with Gasteiger partial charge in [-0.1, -0.05) is 130 Å². The van der Waals surface area contributed by atoms with E-state index in [4.69, 9.17) is 0 Å². The Kier molecular flexibility index (Phi) is 43.3. The van der Waals surface area contributed by atoms with E-state index < -0.39 is 28.8 Å². The van der Waals surface area contributed by atoms with Crippen LogP contribution in [0.15, 0.2) is 164 Å². The number of nitrogens with zero attached hydrogens (tertiary/aromatic N) is 1. The van der Waals surface area contributed by atoms with Crippen LogP contribution in [0.3, 0.4) is 0 Å². The number of hydrogen-bond donors (Lipinski definition) is 0. The van der Waals surface area contributed by atoms with Crippen molar-refractivity contribution in [2.75, 3.05) is 26.6 Å². The normalized spacial score (nSPS) is 15.0. The molecule has 408 valence electrons. The highest BCUT2D eigenvalue weighted by atomic mass is 32.2. The second kappa shape index (κ2) is 40.8. The van der Waals surface area contributed by atoms with Gasteiger partial charge in [-0.2, -0.15) is 0 Å². The first kappa shape index (κ1) is 76.3. The fourth-order valence-corrected chi connectivity index (χ4v) is 10.2. The summed E-state index contributed by atoms with van der Waals surface area (Å²) < 4.78 is 37.4. The van der Waals surface area contributed by atoms with Crippen LogP contribution < -0.4 is 0 Å². The number of aldehydes is 3. The highest BCUT2D eigenvalue weighted by molar-refractivity contribution is 8.02. The summed E-state index contributed by atoms with van der Waals surface area (Å²) in [6, 6.07) is 28.9. The van der Waals surface area contributed by atoms with Crippen molar-refractivity contribution in [1.29, 1.82) is 0 Å². The molecular weight excluding hydrogens is 951 g/mol. The quantitative estimate of drug-likeness (QED) is 0.0612. The molecule has 4 rings (SSSR count). The van der Waals surface area contributed by atoms with Crippen molar-refractivity contribution in [3.05, 3.63) is 149 Å². The van der Waals surface area contributed by atoms with Gasteiger partial charge in [0.15, 0.2) is 0 Å². The monoisotopic (exact) mass is 1050 g/mol. The second-order valence-electron chi connectivity index (χ2n) is 18.8. The highest BCUT2D eigenvalue weighted by Gasteiger charge is 2.48. The van der Waals surface area contributed by atoms with Crippen molar-refractivity contribution in [1.82, 2.24) is 4.31 Å². The van der Waals surface area contributed by atoms with Gasteiger partial charge in [0.1, 0.15) is 18.9 Å². The molecule has 0 aliphatic heterocycles. The zero-order valence-corrected chi connectivity index (χ0v) is 47.7. The summed E-state index contributed by atoms with van der Waals surface area (Å²) in [6.45, 7) is 24.4. The third-order valence-electron chi connectivity index (χ3n) is 10.4. The lowest BCUT2D eigenvalue weighted by molar-refractivity contribution is -0.109. The van der Waals surface area contributed by atoms with Crippen LogP contribution in [0.25, 0.3) is 0 Å². The van der Waals surface area contributed by atoms with Gasteiger partial charge in [-0.25, -0.2) is 8.51 Å². The predicted octanol–water partition coefficient (Wildman–Crippen LogP) is 15.8. The summed E-state index contributed by atoms with van der Waals surface area (Å²) >= 11 is 0. The Bertz CT molecular complexity index is 2390. The maximum absolute atomic E-state index is 13.3. The van der Waals surface area contributed by atoms with Crippen molar-refractivity contribution in [3.63, 3.8) is 0 Å². The molecule has 0 heterocycles. The number of rotatable bonds is 16. The minimum absolute atomic E-state index is 0. The molecule has 3 atom stereocenters. The molecule has 0 spiro atoms. The maximum atomic E-state index is 13.3. The van der Waals surface area contributed by atoms with Crippen molar-refractivity contribution in [2.45, 2.75) is 165 Å². The molecule has 3 aromatic rings. The molecule has 1 saturated carbocycles. The van der Waals surface area contributed by atoms with Gasteiger partial charge in [0.25, 0.3) is 0 Å². The van der Waals surface area contributed by atoms with Gasteiger partial charge >= 0.3 is 0 Å². The zero-order valence-electron chi connectivity index (χ0n) is 45.2. The van der Waals surface area contributed by atoms with Gasteiger partial charge in [-0.05, 0) is 215 Å². The van der Waals surface area contributed by atoms with Crippen molar-refractivity contribution < 1.29 is 27.0 Å². The number of carbonyl (C=O) groups excluding carboxylic acids is 3. The molecule has 2 unspecified atom stereocenters. The molecule has 0 aromatic heterocycles. The molecule has 72 heavy (non-hydrogen) atoms. The van der Waals surface area contributed by atoms with Gasteiger partial charge in [0.05, 0.1) is 9.71 Å². The molecule has 0 radical (unpaired) electrons. The Morgan fingerprint density at radius 2 is 0.917 bits per heavy atom. The summed E-state index contributed by atoms with van der Waals surface area (Å²) in [5.74, 6) is 3.65. The SMILES string of the molecule is C.C.C.C=S(C)(C)=O.CC(C)=CCC/C(C)=C/C=O.CC(C)=CCC/C(C)=C\C=O.CC(C)=CCCC1(C)C[C@@H]1C=O.CC(C)=S(=O)(c1ccccc1)c1ccccc1.CC=S(=O)(c1ccccc1)N(C)C. The Morgan fingerprint density at radius 3 is 1.17 bits per heavy atom. The van der Waals surface area contributed by atoms with Gasteiger partial charge in [0.2, 0.25) is 0 Å². The molecule has 0 bridgehead atoms. The number of allylic oxidation sites excluding steroid dienone is 10. The summed E-state index contributed by atoms with van der Waals surface area (Å²) in [5, 5.41) is 1.75. The van der Waals surface area contributed by atoms with Crippen LogP contribution >= 0.6 is 0 Å². The van der Waals surface area contributed by atoms with Crippen LogP contribution in [0.2, 0.25) is 0 Å². The largest absolute Gasteiger partial charge is 0.303 e. The highest BCUT2D eigenvalue weighted by Crippen LogP contribution is 2.54. The molecule has 1 aliphatic rings. The maximum Gasteiger partial charge on any atom is 0.142 e. The smallest absolute Gasteiger partial charge is 0.142 e. The van der Waals surface area contributed by atoms with Crippen LogP contribution in [0.5, 0.6) is 0 Å². The molecule has 0 N–H and O–H groups in total. The topological polar surface area (TPSA) is 106 Å². The first-order valence-electron chi connectivity index (χ1n) is 23.5. The van der Waals surface area contributed by atoms with Gasteiger partial charge in [-0.3, -0.25) is 18.0 Å². The lowest BCUT2D eigenvalue weighted by Gasteiger charge is -2.17. The van der Waals surface area contributed by atoms with Crippen molar-refractivity contribution in [3.8, 4) is 0 Å². The van der Waals surface area contributed by atoms with E-state index in [0.717, 1.165) is 88.1 Å². The summed E-state index contributed by atoms with van der Waals surface area (Å²) in [7, 11) is -2.37. The van der Waals surface area contributed by atoms with E-state index >= 15 is 0 Å². The number of hydrogen-bond acceptors (Lipinski definition) is 6. The summed E-state index contributed by atoms with van der Waals surface area (Å²) in [5.41, 5.74) is 6.69. The average molecular weight is 1050 g/mol. The molecule has 3 aromatic carbocycles. The minimum atomic E-state index is -2.25. The third-order valence-corrected chi connectivity index (χ3v) is 16.1. The molecule has 1 aliphatic carbocycles. The second-order valence-corrected chi connectivity index (χ2v) is 27.4. The Morgan fingerprint density at radius 1 is 0.597 bits per heavy atom. The first-order valence-corrected chi connectivity index (χ1v) is 29.2. The summed E-state index contributed by atoms with van der Waals surface area (Å²) in [6.07, 6.45) is 23.3. The fraction of sp³-hybridized carbons (Fsp3) is 0.452.